The fourth-order valence-corrected chi connectivity index (χ4v) is 2.60. The predicted molar refractivity (Wildman–Crippen MR) is 80.5 cm³/mol. The second-order valence-electron chi connectivity index (χ2n) is 5.91. The van der Waals surface area contributed by atoms with Crippen LogP contribution in [0.3, 0.4) is 0 Å². The fraction of sp³-hybridized carbons (Fsp3) is 1.00. The van der Waals surface area contributed by atoms with Gasteiger partial charge < -0.3 is 0 Å². The minimum atomic E-state index is -0.600. The van der Waals surface area contributed by atoms with Gasteiger partial charge in [0.25, 0.3) is 0 Å². The molecule has 0 unspecified atom stereocenters. The molecule has 0 spiro atoms. The highest BCUT2D eigenvalue weighted by atomic mass is 16.3. The van der Waals surface area contributed by atoms with Crippen molar-refractivity contribution in [3.8, 4) is 0 Å². The van der Waals surface area contributed by atoms with Gasteiger partial charge in [-0.2, -0.15) is 0 Å². The van der Waals surface area contributed by atoms with Crippen LogP contribution in [0.4, 0.5) is 0 Å². The van der Waals surface area contributed by atoms with Gasteiger partial charge in [0.2, 0.25) is 0 Å². The number of hydrogen-bond donors (Lipinski definition) is 0. The van der Waals surface area contributed by atoms with Gasteiger partial charge in [-0.25, -0.2) is 5.11 Å². The van der Waals surface area contributed by atoms with Crippen molar-refractivity contribution in [2.24, 2.45) is 0 Å². The molecule has 0 aromatic rings. The summed E-state index contributed by atoms with van der Waals surface area (Å²) >= 11 is 0. The summed E-state index contributed by atoms with van der Waals surface area (Å²) in [5.74, 6) is 0. The second kappa shape index (κ2) is 12.0. The Hall–Kier alpha value is -0.0400. The third-order valence-corrected chi connectivity index (χ3v) is 3.96. The van der Waals surface area contributed by atoms with Gasteiger partial charge in [-0.1, -0.05) is 85.0 Å². The van der Waals surface area contributed by atoms with E-state index in [-0.39, 0.29) is 0 Å². The summed E-state index contributed by atoms with van der Waals surface area (Å²) in [4.78, 5) is 0. The smallest absolute Gasteiger partial charge is 0.104 e. The van der Waals surface area contributed by atoms with Gasteiger partial charge in [0.1, 0.15) is 5.60 Å². The summed E-state index contributed by atoms with van der Waals surface area (Å²) < 4.78 is 0. The first kappa shape index (κ1) is 18.0. The van der Waals surface area contributed by atoms with Gasteiger partial charge in [0, 0.05) is 0 Å². The molecule has 1 heteroatoms. The maximum atomic E-state index is 12.7. The average molecular weight is 255 g/mol. The molecule has 0 bridgehead atoms. The molecule has 0 aliphatic heterocycles. The SMILES string of the molecule is CCCCCCCCC([O])(CCCC)CCCC. The van der Waals surface area contributed by atoms with Crippen molar-refractivity contribution >= 4 is 0 Å². The predicted octanol–water partition coefficient (Wildman–Crippen LogP) is 6.29. The lowest BCUT2D eigenvalue weighted by Crippen LogP contribution is -2.26. The molecule has 1 nitrogen and oxygen atoms in total. The molecule has 18 heavy (non-hydrogen) atoms. The van der Waals surface area contributed by atoms with E-state index in [1.165, 1.54) is 32.1 Å². The molecule has 0 heterocycles. The molecule has 0 fully saturated rings. The van der Waals surface area contributed by atoms with E-state index in [9.17, 15) is 5.11 Å². The van der Waals surface area contributed by atoms with Gasteiger partial charge in [0.05, 0.1) is 0 Å². The molecule has 1 radical (unpaired) electrons. The van der Waals surface area contributed by atoms with E-state index >= 15 is 0 Å². The maximum Gasteiger partial charge on any atom is 0.104 e. The summed E-state index contributed by atoms with van der Waals surface area (Å²) in [6.45, 7) is 6.62. The van der Waals surface area contributed by atoms with Crippen molar-refractivity contribution in [1.29, 1.82) is 0 Å². The van der Waals surface area contributed by atoms with Crippen molar-refractivity contribution in [3.63, 3.8) is 0 Å². The van der Waals surface area contributed by atoms with Crippen molar-refractivity contribution in [1.82, 2.24) is 0 Å². The Bertz CT molecular complexity index is 157. The highest BCUT2D eigenvalue weighted by molar-refractivity contribution is 4.77. The Morgan fingerprint density at radius 1 is 0.556 bits per heavy atom. The highest BCUT2D eigenvalue weighted by Crippen LogP contribution is 2.28. The lowest BCUT2D eigenvalue weighted by atomic mass is 9.86. The molecule has 0 aliphatic carbocycles. The molecule has 0 atom stereocenters. The molecule has 0 saturated heterocycles. The zero-order valence-electron chi connectivity index (χ0n) is 13.1. The minimum absolute atomic E-state index is 0.600. The molecule has 0 aliphatic rings. The normalized spacial score (nSPS) is 12.0. The maximum absolute atomic E-state index is 12.7. The lowest BCUT2D eigenvalue weighted by Gasteiger charge is -2.25. The summed E-state index contributed by atoms with van der Waals surface area (Å²) in [5, 5.41) is 12.7. The van der Waals surface area contributed by atoms with Gasteiger partial charge in [-0.3, -0.25) is 0 Å². The van der Waals surface area contributed by atoms with E-state index in [0.717, 1.165) is 51.4 Å². The summed E-state index contributed by atoms with van der Waals surface area (Å²) in [6.07, 6.45) is 15.0. The molecule has 0 saturated carbocycles. The first-order chi connectivity index (χ1) is 8.68. The van der Waals surface area contributed by atoms with Gasteiger partial charge >= 0.3 is 0 Å². The summed E-state index contributed by atoms with van der Waals surface area (Å²) in [5.41, 5.74) is -0.600. The average Bonchev–Trinajstić information content (AvgIpc) is 2.38. The van der Waals surface area contributed by atoms with Crippen LogP contribution < -0.4 is 0 Å². The van der Waals surface area contributed by atoms with E-state index in [0.29, 0.717) is 0 Å². The van der Waals surface area contributed by atoms with Crippen LogP contribution in [0.1, 0.15) is 104 Å². The molecule has 0 N–H and O–H groups in total. The molecule has 0 rings (SSSR count). The van der Waals surface area contributed by atoms with Crippen LogP contribution in [0, 0.1) is 0 Å². The second-order valence-corrected chi connectivity index (χ2v) is 5.91. The van der Waals surface area contributed by atoms with E-state index in [1.54, 1.807) is 0 Å². The lowest BCUT2D eigenvalue weighted by molar-refractivity contribution is -0.0552. The Balaban J connectivity index is 3.77. The zero-order chi connectivity index (χ0) is 13.7. The van der Waals surface area contributed by atoms with Crippen LogP contribution in [-0.4, -0.2) is 5.60 Å². The molecule has 0 amide bonds. The number of unbranched alkanes of at least 4 members (excludes halogenated alkanes) is 7. The Kier molecular flexibility index (Phi) is 12.0. The number of hydrogen-bond acceptors (Lipinski definition) is 0. The number of rotatable bonds is 13. The Labute approximate surface area is 115 Å². The van der Waals surface area contributed by atoms with E-state index in [4.69, 9.17) is 0 Å². The largest absolute Gasteiger partial charge is 0.229 e. The topological polar surface area (TPSA) is 19.9 Å². The molecule has 0 aromatic heterocycles. The molecular formula is C17H35O. The fourth-order valence-electron chi connectivity index (χ4n) is 2.60. The van der Waals surface area contributed by atoms with Crippen LogP contribution in [0.25, 0.3) is 0 Å². The third kappa shape index (κ3) is 9.94. The van der Waals surface area contributed by atoms with Gasteiger partial charge in [0.15, 0.2) is 0 Å². The molecule has 109 valence electrons. The first-order valence-corrected chi connectivity index (χ1v) is 8.39. The van der Waals surface area contributed by atoms with E-state index in [1.807, 2.05) is 0 Å². The monoisotopic (exact) mass is 255 g/mol. The van der Waals surface area contributed by atoms with Crippen molar-refractivity contribution in [2.45, 2.75) is 110 Å². The van der Waals surface area contributed by atoms with Crippen LogP contribution in [0.5, 0.6) is 0 Å². The molecule has 0 aromatic carbocycles. The standard InChI is InChI=1S/C17H35O/c1-4-7-10-11-12-13-16-17(18,14-8-5-2)15-9-6-3/h4-16H2,1-3H3. The Morgan fingerprint density at radius 3 is 1.44 bits per heavy atom. The van der Waals surface area contributed by atoms with Crippen LogP contribution in [0.2, 0.25) is 0 Å². The van der Waals surface area contributed by atoms with Crippen LogP contribution >= 0.6 is 0 Å². The summed E-state index contributed by atoms with van der Waals surface area (Å²) in [7, 11) is 0. The first-order valence-electron chi connectivity index (χ1n) is 8.39. The van der Waals surface area contributed by atoms with Crippen molar-refractivity contribution in [3.05, 3.63) is 0 Å². The van der Waals surface area contributed by atoms with Crippen LogP contribution in [0.15, 0.2) is 0 Å². The zero-order valence-corrected chi connectivity index (χ0v) is 13.1. The van der Waals surface area contributed by atoms with Crippen molar-refractivity contribution in [2.75, 3.05) is 0 Å². The van der Waals surface area contributed by atoms with Crippen LogP contribution in [-0.2, 0) is 5.11 Å². The minimum Gasteiger partial charge on any atom is -0.229 e. The quantitative estimate of drug-likeness (QED) is 0.345. The van der Waals surface area contributed by atoms with E-state index in [2.05, 4.69) is 20.8 Å². The van der Waals surface area contributed by atoms with E-state index < -0.39 is 5.60 Å². The van der Waals surface area contributed by atoms with Gasteiger partial charge in [-0.05, 0) is 19.3 Å². The van der Waals surface area contributed by atoms with Gasteiger partial charge in [-0.15, -0.1) is 0 Å². The van der Waals surface area contributed by atoms with Crippen molar-refractivity contribution < 1.29 is 5.11 Å². The summed E-state index contributed by atoms with van der Waals surface area (Å²) in [6, 6.07) is 0. The molecular weight excluding hydrogens is 220 g/mol. The highest BCUT2D eigenvalue weighted by Gasteiger charge is 2.26. The Morgan fingerprint density at radius 2 is 0.944 bits per heavy atom. The third-order valence-electron chi connectivity index (χ3n) is 3.96.